The highest BCUT2D eigenvalue weighted by molar-refractivity contribution is 7.71. The highest BCUT2D eigenvalue weighted by Gasteiger charge is 2.07. The molecule has 2 aromatic heterocycles. The van der Waals surface area contributed by atoms with Gasteiger partial charge in [-0.15, -0.1) is 10.2 Å². The number of aryl methyl sites for hydroxylation is 2. The first kappa shape index (κ1) is 10.0. The van der Waals surface area contributed by atoms with Gasteiger partial charge in [-0.2, -0.15) is 5.10 Å². The molecule has 0 bridgehead atoms. The summed E-state index contributed by atoms with van der Waals surface area (Å²) in [5.41, 5.74) is 0. The van der Waals surface area contributed by atoms with Gasteiger partial charge in [-0.25, -0.2) is 0 Å². The molecule has 2 aromatic rings. The highest BCUT2D eigenvalue weighted by atomic mass is 32.1. The Balaban J connectivity index is 2.35. The van der Waals surface area contributed by atoms with Crippen molar-refractivity contribution in [1.82, 2.24) is 29.5 Å². The Morgan fingerprint density at radius 3 is 2.87 bits per heavy atom. The molecule has 0 aliphatic heterocycles. The zero-order valence-electron chi connectivity index (χ0n) is 8.64. The van der Waals surface area contributed by atoms with Crippen LogP contribution in [-0.2, 0) is 20.0 Å². The number of nitrogens with zero attached hydrogens (tertiary/aromatic N) is 5. The van der Waals surface area contributed by atoms with Gasteiger partial charge in [0.1, 0.15) is 12.2 Å². The molecule has 0 radical (unpaired) electrons. The smallest absolute Gasteiger partial charge is 0.195 e. The fourth-order valence-electron chi connectivity index (χ4n) is 1.37. The lowest BCUT2D eigenvalue weighted by molar-refractivity contribution is 0.659. The maximum atomic E-state index is 5.14. The molecule has 0 amide bonds. The lowest BCUT2D eigenvalue weighted by Gasteiger charge is -2.03. The first-order valence-electron chi connectivity index (χ1n) is 4.69. The zero-order chi connectivity index (χ0) is 10.8. The summed E-state index contributed by atoms with van der Waals surface area (Å²) in [5, 5.41) is 14.7. The molecule has 2 heterocycles. The molecular weight excluding hydrogens is 212 g/mol. The van der Waals surface area contributed by atoms with Crippen molar-refractivity contribution in [3.8, 4) is 0 Å². The third kappa shape index (κ3) is 1.82. The predicted molar refractivity (Wildman–Crippen MR) is 56.9 cm³/mol. The van der Waals surface area contributed by atoms with Crippen molar-refractivity contribution in [3.05, 3.63) is 22.7 Å². The molecule has 0 fully saturated rings. The van der Waals surface area contributed by atoms with E-state index in [2.05, 4.69) is 20.4 Å². The van der Waals surface area contributed by atoms with Crippen LogP contribution < -0.4 is 0 Å². The van der Waals surface area contributed by atoms with Crippen LogP contribution in [0.1, 0.15) is 18.6 Å². The molecule has 0 aromatic carbocycles. The topological polar surface area (TPSA) is 64.3 Å². The van der Waals surface area contributed by atoms with Crippen LogP contribution in [0.2, 0.25) is 0 Å². The van der Waals surface area contributed by atoms with E-state index < -0.39 is 0 Å². The Hall–Kier alpha value is -1.50. The van der Waals surface area contributed by atoms with Gasteiger partial charge in [0, 0.05) is 13.5 Å². The second-order valence-electron chi connectivity index (χ2n) is 3.24. The third-order valence-corrected chi connectivity index (χ3v) is 2.57. The van der Waals surface area contributed by atoms with E-state index in [1.807, 2.05) is 23.1 Å². The molecule has 2 rings (SSSR count). The van der Waals surface area contributed by atoms with E-state index in [0.29, 0.717) is 11.3 Å². The van der Waals surface area contributed by atoms with Crippen molar-refractivity contribution < 1.29 is 0 Å². The summed E-state index contributed by atoms with van der Waals surface area (Å²) in [6.07, 6.45) is 2.51. The van der Waals surface area contributed by atoms with Gasteiger partial charge in [-0.3, -0.25) is 9.67 Å². The van der Waals surface area contributed by atoms with E-state index in [4.69, 9.17) is 12.2 Å². The summed E-state index contributed by atoms with van der Waals surface area (Å²) < 4.78 is 4.42. The van der Waals surface area contributed by atoms with Crippen molar-refractivity contribution in [1.29, 1.82) is 0 Å². The van der Waals surface area contributed by atoms with E-state index in [1.165, 1.54) is 0 Å². The zero-order valence-corrected chi connectivity index (χ0v) is 9.45. The van der Waals surface area contributed by atoms with Crippen LogP contribution in [-0.4, -0.2) is 29.5 Å². The highest BCUT2D eigenvalue weighted by Crippen LogP contribution is 2.03. The molecule has 15 heavy (non-hydrogen) atoms. The Labute approximate surface area is 92.0 Å². The fraction of sp³-hybridized carbons (Fsp3) is 0.500. The van der Waals surface area contributed by atoms with Gasteiger partial charge in [0.15, 0.2) is 10.6 Å². The summed E-state index contributed by atoms with van der Waals surface area (Å²) in [6.45, 7) is 2.65. The van der Waals surface area contributed by atoms with Crippen molar-refractivity contribution in [2.45, 2.75) is 19.9 Å². The summed E-state index contributed by atoms with van der Waals surface area (Å²) in [4.78, 5) is 0. The second-order valence-corrected chi connectivity index (χ2v) is 3.63. The van der Waals surface area contributed by atoms with Crippen LogP contribution in [0.4, 0.5) is 0 Å². The average molecular weight is 224 g/mol. The molecule has 1 N–H and O–H groups in total. The minimum Gasteiger partial charge on any atom is -0.319 e. The number of H-pyrrole nitrogens is 1. The molecule has 0 aliphatic rings. The third-order valence-electron chi connectivity index (χ3n) is 2.26. The molecule has 0 atom stereocenters. The van der Waals surface area contributed by atoms with Gasteiger partial charge in [-0.1, -0.05) is 6.92 Å². The maximum Gasteiger partial charge on any atom is 0.195 e. The van der Waals surface area contributed by atoms with E-state index in [9.17, 15) is 0 Å². The average Bonchev–Trinajstić information content (AvgIpc) is 2.77. The van der Waals surface area contributed by atoms with Gasteiger partial charge < -0.3 is 4.57 Å². The van der Waals surface area contributed by atoms with E-state index in [1.54, 1.807) is 6.33 Å². The van der Waals surface area contributed by atoms with Crippen LogP contribution in [0.5, 0.6) is 0 Å². The Morgan fingerprint density at radius 2 is 2.27 bits per heavy atom. The Morgan fingerprint density at radius 1 is 1.47 bits per heavy atom. The number of aromatic nitrogens is 6. The van der Waals surface area contributed by atoms with Crippen LogP contribution in [0.25, 0.3) is 0 Å². The van der Waals surface area contributed by atoms with Crippen LogP contribution in [0.15, 0.2) is 6.33 Å². The Kier molecular flexibility index (Phi) is 2.63. The van der Waals surface area contributed by atoms with Gasteiger partial charge in [-0.05, 0) is 12.2 Å². The molecule has 0 saturated heterocycles. The number of hydrogen-bond donors (Lipinski definition) is 1. The maximum absolute atomic E-state index is 5.14. The van der Waals surface area contributed by atoms with E-state index in [-0.39, 0.29) is 0 Å². The van der Waals surface area contributed by atoms with Gasteiger partial charge in [0.25, 0.3) is 0 Å². The van der Waals surface area contributed by atoms with Gasteiger partial charge in [0.05, 0.1) is 6.54 Å². The lowest BCUT2D eigenvalue weighted by atomic mass is 10.4. The number of aromatic amines is 1. The summed E-state index contributed by atoms with van der Waals surface area (Å²) in [6, 6.07) is 0. The molecule has 0 saturated carbocycles. The normalized spacial score (nSPS) is 10.8. The number of rotatable bonds is 3. The summed E-state index contributed by atoms with van der Waals surface area (Å²) >= 11 is 5.14. The van der Waals surface area contributed by atoms with Crippen LogP contribution >= 0.6 is 12.2 Å². The number of hydrogen-bond acceptors (Lipinski definition) is 4. The monoisotopic (exact) mass is 224 g/mol. The van der Waals surface area contributed by atoms with E-state index in [0.717, 1.165) is 18.1 Å². The summed E-state index contributed by atoms with van der Waals surface area (Å²) in [7, 11) is 1.91. The molecule has 0 unspecified atom stereocenters. The van der Waals surface area contributed by atoms with Crippen molar-refractivity contribution in [2.75, 3.05) is 0 Å². The minimum atomic E-state index is 0.606. The fourth-order valence-corrected chi connectivity index (χ4v) is 1.59. The van der Waals surface area contributed by atoms with Crippen molar-refractivity contribution in [2.24, 2.45) is 7.05 Å². The lowest BCUT2D eigenvalue weighted by Crippen LogP contribution is -2.09. The molecule has 7 heteroatoms. The van der Waals surface area contributed by atoms with Crippen molar-refractivity contribution >= 4 is 12.2 Å². The van der Waals surface area contributed by atoms with Crippen molar-refractivity contribution in [3.63, 3.8) is 0 Å². The molecule has 0 aliphatic carbocycles. The largest absolute Gasteiger partial charge is 0.319 e. The quantitative estimate of drug-likeness (QED) is 0.779. The summed E-state index contributed by atoms with van der Waals surface area (Å²) in [5.74, 6) is 1.80. The van der Waals surface area contributed by atoms with Gasteiger partial charge in [0.2, 0.25) is 0 Å². The molecule has 0 spiro atoms. The van der Waals surface area contributed by atoms with Gasteiger partial charge >= 0.3 is 0 Å². The number of nitrogens with one attached hydrogen (secondary N) is 1. The van der Waals surface area contributed by atoms with Crippen LogP contribution in [0, 0.1) is 4.77 Å². The Bertz CT molecular complexity index is 507. The molecule has 6 nitrogen and oxygen atoms in total. The first-order chi connectivity index (χ1) is 7.22. The first-order valence-corrected chi connectivity index (χ1v) is 5.10. The van der Waals surface area contributed by atoms with E-state index >= 15 is 0 Å². The standard InChI is InChI=1S/C8H12N6S/c1-3-6-11-12-8(15)14(6)4-7-10-9-5-13(7)2/h5H,3-4H2,1-2H3,(H,12,15). The SMILES string of the molecule is CCc1n[nH]c(=S)n1Cc1nncn1C. The second kappa shape index (κ2) is 3.93. The molecular formula is C8H12N6S. The predicted octanol–water partition coefficient (Wildman–Crippen LogP) is 0.680. The minimum absolute atomic E-state index is 0.606. The molecule has 80 valence electrons. The van der Waals surface area contributed by atoms with Crippen LogP contribution in [0.3, 0.4) is 0 Å².